The number of aromatic nitrogens is 2. The van der Waals surface area contributed by atoms with Crippen LogP contribution in [0.15, 0.2) is 150 Å². The van der Waals surface area contributed by atoms with Crippen LogP contribution < -0.4 is 0 Å². The van der Waals surface area contributed by atoms with E-state index in [0.717, 1.165) is 38.6 Å². The average molecular weight is 795 g/mol. The molecule has 3 nitrogen and oxygen atoms in total. The number of para-hydroxylation sites is 2. The van der Waals surface area contributed by atoms with Gasteiger partial charge >= 0.3 is 0 Å². The van der Waals surface area contributed by atoms with Gasteiger partial charge in [-0.3, -0.25) is 4.98 Å². The number of pyridine rings is 2. The maximum Gasteiger partial charge on any atom is 0.144 e. The van der Waals surface area contributed by atoms with Crippen molar-refractivity contribution in [2.45, 2.75) is 20.6 Å². The summed E-state index contributed by atoms with van der Waals surface area (Å²) >= 11 is 0. The number of furan rings is 1. The molecule has 0 aliphatic heterocycles. The summed E-state index contributed by atoms with van der Waals surface area (Å²) in [5, 5.41) is 1.99. The normalized spacial score (nSPS) is 14.3. The molecule has 0 N–H and O–H groups in total. The summed E-state index contributed by atoms with van der Waals surface area (Å²) in [7, 11) is 0. The Morgan fingerprint density at radius 3 is 1.91 bits per heavy atom. The Kier molecular flexibility index (Phi) is 6.71. The van der Waals surface area contributed by atoms with Gasteiger partial charge in [-0.1, -0.05) is 104 Å². The van der Waals surface area contributed by atoms with Crippen LogP contribution in [-0.2, 0) is 20.1 Å². The second-order valence-corrected chi connectivity index (χ2v) is 10.8. The van der Waals surface area contributed by atoms with Gasteiger partial charge in [-0.15, -0.1) is 35.4 Å². The summed E-state index contributed by atoms with van der Waals surface area (Å²) in [6.45, 7) is -6.54. The topological polar surface area (TPSA) is 38.9 Å². The summed E-state index contributed by atoms with van der Waals surface area (Å²) < 4.78 is 73.4. The van der Waals surface area contributed by atoms with E-state index in [2.05, 4.69) is 64.6 Å². The molecular weight excluding hydrogens is 753 g/mol. The second-order valence-electron chi connectivity index (χ2n) is 10.8. The zero-order chi connectivity index (χ0) is 39.0. The molecule has 3 heterocycles. The fraction of sp³-hybridized carbons (Fsp3) is 0.0698. The Morgan fingerprint density at radius 2 is 1.23 bits per heavy atom. The molecule has 0 saturated heterocycles. The van der Waals surface area contributed by atoms with Crippen molar-refractivity contribution in [3.8, 4) is 44.8 Å². The van der Waals surface area contributed by atoms with E-state index in [1.807, 2.05) is 42.5 Å². The van der Waals surface area contributed by atoms with Crippen LogP contribution in [0.3, 0.4) is 0 Å². The number of hydrogen-bond donors (Lipinski definition) is 0. The van der Waals surface area contributed by atoms with Gasteiger partial charge in [0, 0.05) is 66.7 Å². The number of aryl methyl sites for hydroxylation is 3. The molecule has 231 valence electrons. The van der Waals surface area contributed by atoms with Crippen molar-refractivity contribution in [3.05, 3.63) is 169 Å². The van der Waals surface area contributed by atoms with Crippen molar-refractivity contribution in [3.63, 3.8) is 0 Å². The number of rotatable bonds is 4. The first-order valence-electron chi connectivity index (χ1n) is 19.2. The van der Waals surface area contributed by atoms with Gasteiger partial charge in [0.1, 0.15) is 11.2 Å². The Morgan fingerprint density at radius 1 is 0.553 bits per heavy atom. The number of nitrogens with zero attached hydrogens (tertiary/aromatic N) is 2. The van der Waals surface area contributed by atoms with Crippen molar-refractivity contribution >= 4 is 21.9 Å². The SMILES string of the molecule is [2H]C([2H])([2H])c1c[c-]c(-c2ccc(C([2H])([2H])[2H])cn2)cc1.[2H]C([2H])([2H])c1ccnc(-c2cccc3c2oc2c(-c4ccc(-c5ccccc5)cc4)cccc23)c1.[Ir]. The molecule has 0 fully saturated rings. The minimum atomic E-state index is -2.20. The third-order valence-corrected chi connectivity index (χ3v) is 7.72. The smallest absolute Gasteiger partial charge is 0.144 e. The number of fused-ring (bicyclic) bond motifs is 3. The van der Waals surface area contributed by atoms with Gasteiger partial charge in [0.15, 0.2) is 0 Å². The molecule has 0 aliphatic rings. The second kappa shape index (κ2) is 14.1. The van der Waals surface area contributed by atoms with E-state index in [1.165, 1.54) is 42.2 Å². The molecule has 0 aliphatic carbocycles. The molecule has 0 unspecified atom stereocenters. The Labute approximate surface area is 302 Å². The van der Waals surface area contributed by atoms with E-state index in [0.29, 0.717) is 22.5 Å². The average Bonchev–Trinajstić information content (AvgIpc) is 3.57. The van der Waals surface area contributed by atoms with E-state index < -0.39 is 20.6 Å². The van der Waals surface area contributed by atoms with Crippen LogP contribution in [0.4, 0.5) is 0 Å². The molecule has 8 aromatic rings. The van der Waals surface area contributed by atoms with Crippen LogP contribution in [0.25, 0.3) is 66.7 Å². The summed E-state index contributed by atoms with van der Waals surface area (Å²) in [6, 6.07) is 44.5. The maximum atomic E-state index is 7.76. The van der Waals surface area contributed by atoms with Crippen molar-refractivity contribution in [1.82, 2.24) is 9.97 Å². The molecule has 47 heavy (non-hydrogen) atoms. The molecule has 5 aromatic carbocycles. The Hall–Kier alpha value is -5.15. The van der Waals surface area contributed by atoms with Crippen LogP contribution in [0.1, 0.15) is 29.0 Å². The van der Waals surface area contributed by atoms with Gasteiger partial charge in [0.2, 0.25) is 0 Å². The molecule has 0 bridgehead atoms. The van der Waals surface area contributed by atoms with E-state index in [1.54, 1.807) is 18.2 Å². The van der Waals surface area contributed by atoms with Gasteiger partial charge in [-0.05, 0) is 65.4 Å². The standard InChI is InChI=1S/C30H21NO.C13H12N.Ir/c1-20-17-18-31-28(19-20)27-12-6-11-26-25-10-5-9-24(29(25)32-30(26)27)23-15-13-22(14-16-23)21-7-3-2-4-8-21;1-10-3-6-12(7-4-10)13-8-5-11(2)9-14-13;/h2-19H,1H3;3-6,8-9H,1-2H3;/q;-1;/i1D3;1D3,2D3;. The van der Waals surface area contributed by atoms with Gasteiger partial charge in [0.25, 0.3) is 0 Å². The molecule has 0 spiro atoms. The molecule has 3 aromatic heterocycles. The zero-order valence-electron chi connectivity index (χ0n) is 34.0. The first-order chi connectivity index (χ1) is 26.2. The first kappa shape index (κ1) is 22.4. The maximum absolute atomic E-state index is 7.76. The fourth-order valence-corrected chi connectivity index (χ4v) is 5.44. The summed E-state index contributed by atoms with van der Waals surface area (Å²) in [5.74, 6) is 0. The molecule has 4 heteroatoms. The van der Waals surface area contributed by atoms with Gasteiger partial charge in [0.05, 0.1) is 5.69 Å². The summed E-state index contributed by atoms with van der Waals surface area (Å²) in [4.78, 5) is 8.53. The van der Waals surface area contributed by atoms with Crippen molar-refractivity contribution in [1.29, 1.82) is 0 Å². The monoisotopic (exact) mass is 795 g/mol. The predicted octanol–water partition coefficient (Wildman–Crippen LogP) is 11.5. The van der Waals surface area contributed by atoms with Crippen molar-refractivity contribution in [2.75, 3.05) is 0 Å². The molecule has 0 amide bonds. The number of hydrogen-bond acceptors (Lipinski definition) is 3. The molecule has 8 rings (SSSR count). The summed E-state index contributed by atoms with van der Waals surface area (Å²) in [5.41, 5.74) is 9.08. The van der Waals surface area contributed by atoms with E-state index in [9.17, 15) is 0 Å². The van der Waals surface area contributed by atoms with Gasteiger partial charge < -0.3 is 9.40 Å². The van der Waals surface area contributed by atoms with E-state index in [-0.39, 0.29) is 36.8 Å². The van der Waals surface area contributed by atoms with Gasteiger partial charge in [-0.2, -0.15) is 0 Å². The van der Waals surface area contributed by atoms with Gasteiger partial charge in [-0.25, -0.2) is 0 Å². The molecule has 0 saturated carbocycles. The number of benzene rings is 5. The van der Waals surface area contributed by atoms with Crippen molar-refractivity contribution in [2.24, 2.45) is 0 Å². The fourth-order valence-electron chi connectivity index (χ4n) is 5.44. The molecular formula is C43H33IrN2O-. The largest absolute Gasteiger partial charge is 0.455 e. The van der Waals surface area contributed by atoms with Crippen LogP contribution in [-0.4, -0.2) is 9.97 Å². The van der Waals surface area contributed by atoms with Crippen LogP contribution in [0, 0.1) is 26.6 Å². The molecule has 1 radical (unpaired) electrons. The van der Waals surface area contributed by atoms with Crippen molar-refractivity contribution < 1.29 is 36.9 Å². The molecule has 0 atom stereocenters. The summed E-state index contributed by atoms with van der Waals surface area (Å²) in [6.07, 6.45) is 2.84. The first-order valence-corrected chi connectivity index (χ1v) is 14.7. The van der Waals surface area contributed by atoms with Crippen LogP contribution in [0.2, 0.25) is 0 Å². The Bertz CT molecular complexity index is 2530. The minimum Gasteiger partial charge on any atom is -0.455 e. The third kappa shape index (κ3) is 6.85. The van der Waals surface area contributed by atoms with Crippen LogP contribution >= 0.6 is 0 Å². The third-order valence-electron chi connectivity index (χ3n) is 7.72. The van der Waals surface area contributed by atoms with E-state index >= 15 is 0 Å². The predicted molar refractivity (Wildman–Crippen MR) is 191 cm³/mol. The Balaban J connectivity index is 0.000000217. The zero-order valence-corrected chi connectivity index (χ0v) is 27.4. The van der Waals surface area contributed by atoms with E-state index in [4.69, 9.17) is 16.8 Å². The minimum absolute atomic E-state index is 0. The van der Waals surface area contributed by atoms with Crippen LogP contribution in [0.5, 0.6) is 0 Å². The quantitative estimate of drug-likeness (QED) is 0.167.